The van der Waals surface area contributed by atoms with Crippen LogP contribution in [0.5, 0.6) is 0 Å². The van der Waals surface area contributed by atoms with Crippen LogP contribution in [-0.2, 0) is 20.9 Å². The van der Waals surface area contributed by atoms with Crippen LogP contribution in [0.25, 0.3) is 0 Å². The summed E-state index contributed by atoms with van der Waals surface area (Å²) in [5.41, 5.74) is 1.000. The topological polar surface area (TPSA) is 49.9 Å². The van der Waals surface area contributed by atoms with Gasteiger partial charge in [0.1, 0.15) is 11.4 Å². The lowest BCUT2D eigenvalue weighted by Crippen LogP contribution is -2.44. The molecule has 0 saturated carbocycles. The third-order valence-electron chi connectivity index (χ3n) is 6.25. The molecule has 5 rings (SSSR count). The van der Waals surface area contributed by atoms with Gasteiger partial charge in [-0.15, -0.1) is 11.3 Å². The Morgan fingerprint density at radius 2 is 2.10 bits per heavy atom. The van der Waals surface area contributed by atoms with E-state index in [0.717, 1.165) is 10.4 Å². The fourth-order valence-electron chi connectivity index (χ4n) is 4.73. The van der Waals surface area contributed by atoms with Gasteiger partial charge in [0.05, 0.1) is 31.0 Å². The van der Waals surface area contributed by atoms with Crippen molar-refractivity contribution in [3.05, 3.63) is 64.1 Å². The van der Waals surface area contributed by atoms with E-state index in [2.05, 4.69) is 0 Å². The molecule has 2 bridgehead atoms. The van der Waals surface area contributed by atoms with E-state index in [0.29, 0.717) is 18.8 Å². The average molecular weight is 412 g/mol. The number of hydrogen-bond donors (Lipinski definition) is 0. The van der Waals surface area contributed by atoms with Gasteiger partial charge < -0.3 is 14.5 Å². The summed E-state index contributed by atoms with van der Waals surface area (Å²) in [6.07, 6.45) is 3.46. The number of carbonyl (C=O) groups is 2. The maximum absolute atomic E-state index is 13.3. The number of halogens is 1. The van der Waals surface area contributed by atoms with Gasteiger partial charge in [0.2, 0.25) is 11.8 Å². The highest BCUT2D eigenvalue weighted by Crippen LogP contribution is 2.53. The predicted octanol–water partition coefficient (Wildman–Crippen LogP) is 3.14. The maximum atomic E-state index is 13.3. The molecule has 2 amide bonds. The molecule has 2 aromatic rings. The van der Waals surface area contributed by atoms with E-state index in [1.165, 1.54) is 12.1 Å². The molecule has 1 aromatic heterocycles. The van der Waals surface area contributed by atoms with Crippen molar-refractivity contribution in [3.63, 3.8) is 0 Å². The van der Waals surface area contributed by atoms with Crippen molar-refractivity contribution in [2.75, 3.05) is 18.5 Å². The minimum atomic E-state index is -0.782. The number of benzene rings is 1. The molecular weight excluding hydrogens is 391 g/mol. The fourth-order valence-corrected chi connectivity index (χ4v) is 5.69. The van der Waals surface area contributed by atoms with Crippen LogP contribution >= 0.6 is 11.3 Å². The third-order valence-corrected chi connectivity index (χ3v) is 7.26. The van der Waals surface area contributed by atoms with Crippen LogP contribution in [0.4, 0.5) is 10.1 Å². The number of anilines is 1. The van der Waals surface area contributed by atoms with Gasteiger partial charge in [-0.1, -0.05) is 12.2 Å². The van der Waals surface area contributed by atoms with Gasteiger partial charge in [0.15, 0.2) is 0 Å². The summed E-state index contributed by atoms with van der Waals surface area (Å²) in [5, 5.41) is 2.02. The number of rotatable bonds is 4. The Balaban J connectivity index is 1.42. The zero-order valence-corrected chi connectivity index (χ0v) is 17.0. The molecule has 1 aromatic carbocycles. The molecule has 0 N–H and O–H groups in total. The van der Waals surface area contributed by atoms with Crippen LogP contribution in [-0.4, -0.2) is 42.0 Å². The van der Waals surface area contributed by atoms with E-state index in [-0.39, 0.29) is 23.7 Å². The number of amides is 2. The van der Waals surface area contributed by atoms with E-state index in [1.54, 1.807) is 40.3 Å². The van der Waals surface area contributed by atoms with Gasteiger partial charge in [0.25, 0.3) is 0 Å². The molecule has 4 heterocycles. The molecule has 2 saturated heterocycles. The number of nitrogens with zero attached hydrogens (tertiary/aromatic N) is 2. The first-order chi connectivity index (χ1) is 13.9. The first kappa shape index (κ1) is 18.5. The highest BCUT2D eigenvalue weighted by Gasteiger charge is 2.67. The van der Waals surface area contributed by atoms with Crippen molar-refractivity contribution < 1.29 is 18.7 Å². The van der Waals surface area contributed by atoms with Crippen molar-refractivity contribution in [1.29, 1.82) is 0 Å². The van der Waals surface area contributed by atoms with Crippen LogP contribution in [0.2, 0.25) is 0 Å². The summed E-state index contributed by atoms with van der Waals surface area (Å²) < 4.78 is 19.5. The highest BCUT2D eigenvalue weighted by molar-refractivity contribution is 7.10. The lowest BCUT2D eigenvalue weighted by molar-refractivity contribution is -0.139. The maximum Gasteiger partial charge on any atom is 0.234 e. The predicted molar refractivity (Wildman–Crippen MR) is 108 cm³/mol. The van der Waals surface area contributed by atoms with Crippen molar-refractivity contribution in [3.8, 4) is 0 Å². The lowest BCUT2D eigenvalue weighted by atomic mass is 9.76. The molecule has 7 heteroatoms. The molecule has 0 aliphatic carbocycles. The van der Waals surface area contributed by atoms with Crippen molar-refractivity contribution in [1.82, 2.24) is 4.90 Å². The second-order valence-corrected chi connectivity index (χ2v) is 9.02. The van der Waals surface area contributed by atoms with Crippen LogP contribution in [0.3, 0.4) is 0 Å². The summed E-state index contributed by atoms with van der Waals surface area (Å²) in [6, 6.07) is 7.88. The smallest absolute Gasteiger partial charge is 0.234 e. The molecule has 5 nitrogen and oxygen atoms in total. The summed E-state index contributed by atoms with van der Waals surface area (Å²) in [6.45, 7) is 2.89. The van der Waals surface area contributed by atoms with Gasteiger partial charge >= 0.3 is 0 Å². The van der Waals surface area contributed by atoms with Crippen LogP contribution < -0.4 is 4.90 Å². The van der Waals surface area contributed by atoms with E-state index < -0.39 is 17.4 Å². The van der Waals surface area contributed by atoms with Crippen LogP contribution in [0, 0.1) is 24.6 Å². The molecule has 0 radical (unpaired) electrons. The summed E-state index contributed by atoms with van der Waals surface area (Å²) in [4.78, 5) is 31.1. The van der Waals surface area contributed by atoms with Gasteiger partial charge in [-0.05, 0) is 48.2 Å². The van der Waals surface area contributed by atoms with Crippen molar-refractivity contribution in [2.24, 2.45) is 11.8 Å². The van der Waals surface area contributed by atoms with Gasteiger partial charge in [-0.2, -0.15) is 0 Å². The van der Waals surface area contributed by atoms with Gasteiger partial charge in [-0.3, -0.25) is 9.59 Å². The summed E-state index contributed by atoms with van der Waals surface area (Å²) in [5.74, 6) is -1.66. The molecule has 3 aliphatic rings. The first-order valence-corrected chi connectivity index (χ1v) is 10.5. The number of ether oxygens (including phenoxy) is 1. The molecule has 1 spiro atoms. The Morgan fingerprint density at radius 1 is 1.34 bits per heavy atom. The number of hydrogen-bond acceptors (Lipinski definition) is 4. The standard InChI is InChI=1S/C22H21FN2O3S/c1-13-8-10-29-17(13)11-24(2)20(26)18-16-7-9-22(28-16)12-25(21(27)19(18)22)15-5-3-14(23)4-6-15/h3-10,16,18-19H,11-12H2,1-2H3. The molecule has 29 heavy (non-hydrogen) atoms. The molecule has 3 aliphatic heterocycles. The minimum Gasteiger partial charge on any atom is -0.360 e. The van der Waals surface area contributed by atoms with Gasteiger partial charge in [0, 0.05) is 17.6 Å². The normalized spacial score (nSPS) is 29.6. The Hall–Kier alpha value is -2.51. The largest absolute Gasteiger partial charge is 0.360 e. The summed E-state index contributed by atoms with van der Waals surface area (Å²) >= 11 is 1.63. The quantitative estimate of drug-likeness (QED) is 0.725. The van der Waals surface area contributed by atoms with Crippen LogP contribution in [0.15, 0.2) is 47.9 Å². The molecule has 2 fully saturated rings. The molecule has 4 unspecified atom stereocenters. The van der Waals surface area contributed by atoms with Crippen molar-refractivity contribution >= 4 is 28.8 Å². The van der Waals surface area contributed by atoms with Gasteiger partial charge in [-0.25, -0.2) is 4.39 Å². The van der Waals surface area contributed by atoms with Crippen molar-refractivity contribution in [2.45, 2.75) is 25.2 Å². The Morgan fingerprint density at radius 3 is 2.79 bits per heavy atom. The summed E-state index contributed by atoms with van der Waals surface area (Å²) in [7, 11) is 1.78. The number of aryl methyl sites for hydroxylation is 1. The zero-order valence-electron chi connectivity index (χ0n) is 16.2. The highest BCUT2D eigenvalue weighted by atomic mass is 32.1. The SMILES string of the molecule is Cc1ccsc1CN(C)C(=O)C1C2C=CC3(CN(c4ccc(F)cc4)C(=O)C13)O2. The lowest BCUT2D eigenvalue weighted by Gasteiger charge is -2.27. The molecule has 4 atom stereocenters. The molecular formula is C22H21FN2O3S. The fraction of sp³-hybridized carbons (Fsp3) is 0.364. The Kier molecular flexibility index (Phi) is 4.15. The van der Waals surface area contributed by atoms with E-state index in [9.17, 15) is 14.0 Å². The first-order valence-electron chi connectivity index (χ1n) is 9.62. The average Bonchev–Trinajstić information content (AvgIpc) is 3.44. The monoisotopic (exact) mass is 412 g/mol. The van der Waals surface area contributed by atoms with E-state index in [4.69, 9.17) is 4.74 Å². The number of thiophene rings is 1. The number of carbonyl (C=O) groups excluding carboxylic acids is 2. The second kappa shape index (κ2) is 6.50. The van der Waals surface area contributed by atoms with E-state index >= 15 is 0 Å². The molecule has 150 valence electrons. The minimum absolute atomic E-state index is 0.0756. The number of fused-ring (bicyclic) bond motifs is 1. The van der Waals surface area contributed by atoms with Crippen LogP contribution in [0.1, 0.15) is 10.4 Å². The Labute approximate surface area is 172 Å². The van der Waals surface area contributed by atoms with E-state index in [1.807, 2.05) is 30.5 Å². The zero-order chi connectivity index (χ0) is 20.3. The second-order valence-electron chi connectivity index (χ2n) is 8.02. The Bertz CT molecular complexity index is 1020. The third kappa shape index (κ3) is 2.75.